The summed E-state index contributed by atoms with van der Waals surface area (Å²) >= 11 is 0. The standard InChI is InChI=1S/C19H20N2O6/c1-26-16-6-4-3-5-12(16)9-10-20-17(23)18(24)21-13-7-8-15(22)14(11-13)19(25)27-2/h3-8,11,22H,9-10H2,1-2H3,(H,20,23)(H,21,24). The molecular formula is C19H20N2O6. The highest BCUT2D eigenvalue weighted by atomic mass is 16.5. The molecule has 142 valence electrons. The van der Waals surface area contributed by atoms with Crippen molar-refractivity contribution in [2.45, 2.75) is 6.42 Å². The minimum Gasteiger partial charge on any atom is -0.507 e. The highest BCUT2D eigenvalue weighted by Gasteiger charge is 2.16. The van der Waals surface area contributed by atoms with Crippen LogP contribution < -0.4 is 15.4 Å². The lowest BCUT2D eigenvalue weighted by Crippen LogP contribution is -2.36. The van der Waals surface area contributed by atoms with E-state index in [-0.39, 0.29) is 23.5 Å². The van der Waals surface area contributed by atoms with Crippen molar-refractivity contribution in [3.8, 4) is 11.5 Å². The van der Waals surface area contributed by atoms with Gasteiger partial charge >= 0.3 is 17.8 Å². The summed E-state index contributed by atoms with van der Waals surface area (Å²) in [5.74, 6) is -2.06. The van der Waals surface area contributed by atoms with Crippen LogP contribution in [-0.4, -0.2) is 43.7 Å². The van der Waals surface area contributed by atoms with Crippen molar-refractivity contribution in [1.82, 2.24) is 5.32 Å². The molecule has 0 saturated heterocycles. The summed E-state index contributed by atoms with van der Waals surface area (Å²) in [6.07, 6.45) is 0.495. The summed E-state index contributed by atoms with van der Waals surface area (Å²) in [5, 5.41) is 14.5. The van der Waals surface area contributed by atoms with E-state index in [1.807, 2.05) is 24.3 Å². The number of amides is 2. The highest BCUT2D eigenvalue weighted by Crippen LogP contribution is 2.22. The second-order valence-electron chi connectivity index (χ2n) is 5.50. The van der Waals surface area contributed by atoms with Crippen LogP contribution in [0.2, 0.25) is 0 Å². The Labute approximate surface area is 156 Å². The van der Waals surface area contributed by atoms with Gasteiger partial charge in [-0.2, -0.15) is 0 Å². The van der Waals surface area contributed by atoms with Crippen LogP contribution in [0, 0.1) is 0 Å². The number of para-hydroxylation sites is 1. The minimum absolute atomic E-state index is 0.119. The van der Waals surface area contributed by atoms with Gasteiger partial charge in [0, 0.05) is 12.2 Å². The van der Waals surface area contributed by atoms with Gasteiger partial charge in [-0.3, -0.25) is 9.59 Å². The quantitative estimate of drug-likeness (QED) is 0.402. The second kappa shape index (κ2) is 9.23. The summed E-state index contributed by atoms with van der Waals surface area (Å²) < 4.78 is 9.77. The van der Waals surface area contributed by atoms with E-state index in [9.17, 15) is 19.5 Å². The molecule has 2 aromatic carbocycles. The fourth-order valence-electron chi connectivity index (χ4n) is 2.38. The number of phenolic OH excluding ortho intramolecular Hbond substituents is 1. The number of phenols is 1. The van der Waals surface area contributed by atoms with E-state index in [1.54, 1.807) is 7.11 Å². The van der Waals surface area contributed by atoms with Crippen molar-refractivity contribution in [2.24, 2.45) is 0 Å². The molecule has 0 unspecified atom stereocenters. The Morgan fingerprint density at radius 1 is 1.04 bits per heavy atom. The average Bonchev–Trinajstić information content (AvgIpc) is 2.69. The molecule has 27 heavy (non-hydrogen) atoms. The van der Waals surface area contributed by atoms with Gasteiger partial charge in [-0.05, 0) is 36.2 Å². The Kier molecular flexibility index (Phi) is 6.76. The molecule has 0 atom stereocenters. The van der Waals surface area contributed by atoms with Crippen LogP contribution in [-0.2, 0) is 20.7 Å². The lowest BCUT2D eigenvalue weighted by Gasteiger charge is -2.10. The number of methoxy groups -OCH3 is 2. The molecule has 2 rings (SSSR count). The predicted molar refractivity (Wildman–Crippen MR) is 97.8 cm³/mol. The number of anilines is 1. The third-order valence-electron chi connectivity index (χ3n) is 3.74. The molecule has 0 heterocycles. The first-order valence-electron chi connectivity index (χ1n) is 8.08. The van der Waals surface area contributed by atoms with Gasteiger partial charge < -0.3 is 25.2 Å². The summed E-state index contributed by atoms with van der Waals surface area (Å²) in [5.41, 5.74) is 0.965. The number of hydrogen-bond acceptors (Lipinski definition) is 6. The van der Waals surface area contributed by atoms with Crippen LogP contribution in [0.3, 0.4) is 0 Å². The SMILES string of the molecule is COC(=O)c1cc(NC(=O)C(=O)NCCc2ccccc2OC)ccc1O. The Morgan fingerprint density at radius 2 is 1.78 bits per heavy atom. The van der Waals surface area contributed by atoms with Gasteiger partial charge in [0.1, 0.15) is 17.1 Å². The molecule has 0 aliphatic rings. The summed E-state index contributed by atoms with van der Waals surface area (Å²) in [7, 11) is 2.73. The maximum absolute atomic E-state index is 12.0. The zero-order valence-corrected chi connectivity index (χ0v) is 14.9. The van der Waals surface area contributed by atoms with E-state index in [1.165, 1.54) is 25.3 Å². The van der Waals surface area contributed by atoms with E-state index in [2.05, 4.69) is 15.4 Å². The molecular weight excluding hydrogens is 352 g/mol. The van der Waals surface area contributed by atoms with E-state index >= 15 is 0 Å². The molecule has 2 amide bonds. The molecule has 2 aromatic rings. The number of nitrogens with one attached hydrogen (secondary N) is 2. The molecule has 0 spiro atoms. The number of carbonyl (C=O) groups is 3. The van der Waals surface area contributed by atoms with Gasteiger partial charge in [0.05, 0.1) is 14.2 Å². The van der Waals surface area contributed by atoms with Gasteiger partial charge in [-0.1, -0.05) is 18.2 Å². The molecule has 0 aromatic heterocycles. The van der Waals surface area contributed by atoms with Gasteiger partial charge in [0.2, 0.25) is 0 Å². The Bertz CT molecular complexity index is 850. The average molecular weight is 372 g/mol. The van der Waals surface area contributed by atoms with Crippen LogP contribution in [0.25, 0.3) is 0 Å². The molecule has 8 nitrogen and oxygen atoms in total. The maximum Gasteiger partial charge on any atom is 0.341 e. The fourth-order valence-corrected chi connectivity index (χ4v) is 2.38. The Balaban J connectivity index is 1.92. The third kappa shape index (κ3) is 5.21. The number of rotatable bonds is 6. The summed E-state index contributed by atoms with van der Waals surface area (Å²) in [4.78, 5) is 35.5. The van der Waals surface area contributed by atoms with E-state index in [0.29, 0.717) is 12.2 Å². The van der Waals surface area contributed by atoms with Crippen LogP contribution in [0.5, 0.6) is 11.5 Å². The summed E-state index contributed by atoms with van der Waals surface area (Å²) in [6, 6.07) is 11.2. The van der Waals surface area contributed by atoms with E-state index in [0.717, 1.165) is 5.56 Å². The van der Waals surface area contributed by atoms with E-state index < -0.39 is 17.8 Å². The number of benzene rings is 2. The molecule has 0 bridgehead atoms. The van der Waals surface area contributed by atoms with Crippen molar-refractivity contribution in [2.75, 3.05) is 26.1 Å². The largest absolute Gasteiger partial charge is 0.507 e. The van der Waals surface area contributed by atoms with Gasteiger partial charge in [0.15, 0.2) is 0 Å². The van der Waals surface area contributed by atoms with Crippen LogP contribution in [0.15, 0.2) is 42.5 Å². The number of hydrogen-bond donors (Lipinski definition) is 3. The van der Waals surface area contributed by atoms with Gasteiger partial charge in [0.25, 0.3) is 0 Å². The first-order valence-corrected chi connectivity index (χ1v) is 8.08. The lowest BCUT2D eigenvalue weighted by atomic mass is 10.1. The number of carbonyl (C=O) groups excluding carboxylic acids is 3. The number of ether oxygens (including phenoxy) is 2. The first kappa shape index (κ1) is 19.8. The maximum atomic E-state index is 12.0. The highest BCUT2D eigenvalue weighted by molar-refractivity contribution is 6.39. The molecule has 0 aliphatic carbocycles. The number of aromatic hydroxyl groups is 1. The van der Waals surface area contributed by atoms with E-state index in [4.69, 9.17) is 4.74 Å². The van der Waals surface area contributed by atoms with Crippen molar-refractivity contribution < 1.29 is 29.0 Å². The zero-order valence-electron chi connectivity index (χ0n) is 14.9. The van der Waals surface area contributed by atoms with Crippen LogP contribution in [0.4, 0.5) is 5.69 Å². The molecule has 3 N–H and O–H groups in total. The first-order chi connectivity index (χ1) is 13.0. The predicted octanol–water partition coefficient (Wildman–Crippen LogP) is 1.48. The molecule has 8 heteroatoms. The van der Waals surface area contributed by atoms with Gasteiger partial charge in [-0.15, -0.1) is 0 Å². The van der Waals surface area contributed by atoms with Crippen molar-refractivity contribution in [3.63, 3.8) is 0 Å². The Hall–Kier alpha value is -3.55. The molecule has 0 aliphatic heterocycles. The van der Waals surface area contributed by atoms with Crippen LogP contribution in [0.1, 0.15) is 15.9 Å². The number of esters is 1. The topological polar surface area (TPSA) is 114 Å². The van der Waals surface area contributed by atoms with Crippen LogP contribution >= 0.6 is 0 Å². The third-order valence-corrected chi connectivity index (χ3v) is 3.74. The lowest BCUT2D eigenvalue weighted by molar-refractivity contribution is -0.136. The second-order valence-corrected chi connectivity index (χ2v) is 5.50. The Morgan fingerprint density at radius 3 is 2.48 bits per heavy atom. The summed E-state index contributed by atoms with van der Waals surface area (Å²) in [6.45, 7) is 0.246. The normalized spacial score (nSPS) is 10.0. The molecule has 0 saturated carbocycles. The fraction of sp³-hybridized carbons (Fsp3) is 0.211. The molecule has 0 radical (unpaired) electrons. The smallest absolute Gasteiger partial charge is 0.341 e. The monoisotopic (exact) mass is 372 g/mol. The van der Waals surface area contributed by atoms with Crippen molar-refractivity contribution in [1.29, 1.82) is 0 Å². The van der Waals surface area contributed by atoms with Crippen molar-refractivity contribution in [3.05, 3.63) is 53.6 Å². The van der Waals surface area contributed by atoms with Crippen molar-refractivity contribution >= 4 is 23.5 Å². The zero-order chi connectivity index (χ0) is 19.8. The minimum atomic E-state index is -0.892. The molecule has 0 fully saturated rings. The van der Waals surface area contributed by atoms with Gasteiger partial charge in [-0.25, -0.2) is 4.79 Å².